The number of carbonyl (C=O) groups excluding carboxylic acids is 1. The Balaban J connectivity index is 3.07. The van der Waals surface area contributed by atoms with E-state index in [1.165, 1.54) is 0 Å². The second-order valence-corrected chi connectivity index (χ2v) is 4.08. The quantitative estimate of drug-likeness (QED) is 0.789. The maximum absolute atomic E-state index is 12.1. The zero-order valence-corrected chi connectivity index (χ0v) is 10.7. The van der Waals surface area contributed by atoms with E-state index in [1.807, 2.05) is 27.7 Å². The normalized spacial score (nSPS) is 10.9. The van der Waals surface area contributed by atoms with Crippen molar-refractivity contribution in [3.63, 3.8) is 0 Å². The van der Waals surface area contributed by atoms with Crippen LogP contribution in [-0.2, 0) is 0 Å². The van der Waals surface area contributed by atoms with Gasteiger partial charge < -0.3 is 9.32 Å². The second kappa shape index (κ2) is 5.14. The lowest BCUT2D eigenvalue weighted by Gasteiger charge is -2.17. The molecule has 0 aliphatic carbocycles. The molecule has 0 fully saturated rings. The molecule has 0 bridgehead atoms. The van der Waals surface area contributed by atoms with E-state index in [0.29, 0.717) is 24.7 Å². The molecule has 0 saturated carbocycles. The van der Waals surface area contributed by atoms with Crippen LogP contribution in [0.5, 0.6) is 0 Å². The summed E-state index contributed by atoms with van der Waals surface area (Å²) >= 11 is 0. The highest BCUT2D eigenvalue weighted by Gasteiger charge is 2.24. The van der Waals surface area contributed by atoms with E-state index in [0.717, 1.165) is 5.69 Å². The van der Waals surface area contributed by atoms with Crippen LogP contribution in [0.1, 0.15) is 55.8 Å². The van der Waals surface area contributed by atoms with Gasteiger partial charge in [0, 0.05) is 20.0 Å². The minimum atomic E-state index is -0.0608. The largest absolute Gasteiger partial charge is 0.436 e. The van der Waals surface area contributed by atoms with Gasteiger partial charge >= 0.3 is 0 Å². The summed E-state index contributed by atoms with van der Waals surface area (Å²) in [5.41, 5.74) is 0.759. The SMILES string of the molecule is CCN(CC)C(=O)c1oc(C)nc1C(C)C. The molecule has 0 radical (unpaired) electrons. The second-order valence-electron chi connectivity index (χ2n) is 4.08. The molecule has 0 unspecified atom stereocenters. The Kier molecular flexibility index (Phi) is 4.10. The fraction of sp³-hybridized carbons (Fsp3) is 0.667. The van der Waals surface area contributed by atoms with Gasteiger partial charge in [0.2, 0.25) is 5.76 Å². The maximum atomic E-state index is 12.1. The third kappa shape index (κ3) is 2.43. The van der Waals surface area contributed by atoms with Crippen molar-refractivity contribution in [2.75, 3.05) is 13.1 Å². The number of oxazole rings is 1. The molecule has 1 amide bonds. The number of nitrogens with zero attached hydrogens (tertiary/aromatic N) is 2. The van der Waals surface area contributed by atoms with E-state index in [9.17, 15) is 4.79 Å². The molecular weight excluding hydrogens is 204 g/mol. The van der Waals surface area contributed by atoms with Gasteiger partial charge in [0.15, 0.2) is 5.89 Å². The molecule has 16 heavy (non-hydrogen) atoms. The van der Waals surface area contributed by atoms with E-state index in [4.69, 9.17) is 4.42 Å². The molecule has 0 saturated heterocycles. The zero-order chi connectivity index (χ0) is 12.3. The molecule has 90 valence electrons. The Morgan fingerprint density at radius 3 is 2.38 bits per heavy atom. The maximum Gasteiger partial charge on any atom is 0.291 e. The third-order valence-electron chi connectivity index (χ3n) is 2.55. The molecule has 1 aromatic rings. The van der Waals surface area contributed by atoms with Crippen LogP contribution in [0.2, 0.25) is 0 Å². The molecule has 0 aromatic carbocycles. The zero-order valence-electron chi connectivity index (χ0n) is 10.7. The summed E-state index contributed by atoms with van der Waals surface area (Å²) < 4.78 is 5.42. The number of carbonyl (C=O) groups is 1. The summed E-state index contributed by atoms with van der Waals surface area (Å²) in [6.07, 6.45) is 0. The van der Waals surface area contributed by atoms with Crippen molar-refractivity contribution in [2.24, 2.45) is 0 Å². The smallest absolute Gasteiger partial charge is 0.291 e. The molecule has 1 aromatic heterocycles. The molecular formula is C12H20N2O2. The minimum absolute atomic E-state index is 0.0608. The summed E-state index contributed by atoms with van der Waals surface area (Å²) in [6.45, 7) is 11.1. The van der Waals surface area contributed by atoms with Gasteiger partial charge in [0.1, 0.15) is 0 Å². The number of hydrogen-bond donors (Lipinski definition) is 0. The summed E-state index contributed by atoms with van der Waals surface area (Å²) in [5, 5.41) is 0. The van der Waals surface area contributed by atoms with Crippen molar-refractivity contribution in [3.8, 4) is 0 Å². The van der Waals surface area contributed by atoms with Crippen LogP contribution in [0.15, 0.2) is 4.42 Å². The van der Waals surface area contributed by atoms with Gasteiger partial charge in [-0.3, -0.25) is 4.79 Å². The van der Waals surface area contributed by atoms with Crippen LogP contribution in [0.4, 0.5) is 0 Å². The van der Waals surface area contributed by atoms with Crippen LogP contribution in [0.25, 0.3) is 0 Å². The number of hydrogen-bond acceptors (Lipinski definition) is 3. The number of rotatable bonds is 4. The standard InChI is InChI=1S/C12H20N2O2/c1-6-14(7-2)12(15)11-10(8(3)4)13-9(5)16-11/h8H,6-7H2,1-5H3. The van der Waals surface area contributed by atoms with Crippen LogP contribution in [0.3, 0.4) is 0 Å². The Morgan fingerprint density at radius 1 is 1.38 bits per heavy atom. The lowest BCUT2D eigenvalue weighted by molar-refractivity contribution is 0.0737. The summed E-state index contributed by atoms with van der Waals surface area (Å²) in [4.78, 5) is 18.1. The van der Waals surface area contributed by atoms with E-state index in [1.54, 1.807) is 11.8 Å². The van der Waals surface area contributed by atoms with Gasteiger partial charge in [-0.25, -0.2) is 4.98 Å². The first-order valence-electron chi connectivity index (χ1n) is 5.77. The van der Waals surface area contributed by atoms with Gasteiger partial charge in [-0.2, -0.15) is 0 Å². The predicted molar refractivity (Wildman–Crippen MR) is 62.6 cm³/mol. The number of aromatic nitrogens is 1. The van der Waals surface area contributed by atoms with Crippen molar-refractivity contribution in [3.05, 3.63) is 17.3 Å². The molecule has 0 N–H and O–H groups in total. The van der Waals surface area contributed by atoms with Gasteiger partial charge in [0.25, 0.3) is 5.91 Å². The Morgan fingerprint density at radius 2 is 1.94 bits per heavy atom. The lowest BCUT2D eigenvalue weighted by atomic mass is 10.1. The molecule has 0 atom stereocenters. The Bertz CT molecular complexity index is 365. The van der Waals surface area contributed by atoms with Crippen LogP contribution >= 0.6 is 0 Å². The van der Waals surface area contributed by atoms with Crippen molar-refractivity contribution < 1.29 is 9.21 Å². The third-order valence-corrected chi connectivity index (χ3v) is 2.55. The molecule has 0 aliphatic rings. The average Bonchev–Trinajstić information content (AvgIpc) is 2.62. The summed E-state index contributed by atoms with van der Waals surface area (Å²) in [6, 6.07) is 0. The van der Waals surface area contributed by atoms with Crippen LogP contribution < -0.4 is 0 Å². The Hall–Kier alpha value is -1.32. The number of aryl methyl sites for hydroxylation is 1. The lowest BCUT2D eigenvalue weighted by Crippen LogP contribution is -2.31. The van der Waals surface area contributed by atoms with Gasteiger partial charge in [0.05, 0.1) is 5.69 Å². The van der Waals surface area contributed by atoms with Gasteiger partial charge in [-0.15, -0.1) is 0 Å². The molecule has 1 rings (SSSR count). The molecule has 1 heterocycles. The van der Waals surface area contributed by atoms with E-state index in [-0.39, 0.29) is 11.8 Å². The van der Waals surface area contributed by atoms with E-state index >= 15 is 0 Å². The molecule has 0 aliphatic heterocycles. The average molecular weight is 224 g/mol. The van der Waals surface area contributed by atoms with Crippen molar-refractivity contribution in [1.29, 1.82) is 0 Å². The summed E-state index contributed by atoms with van der Waals surface area (Å²) in [5.74, 6) is 1.09. The van der Waals surface area contributed by atoms with Crippen molar-refractivity contribution >= 4 is 5.91 Å². The van der Waals surface area contributed by atoms with Crippen molar-refractivity contribution in [2.45, 2.75) is 40.5 Å². The first-order valence-corrected chi connectivity index (χ1v) is 5.77. The Labute approximate surface area is 96.7 Å². The predicted octanol–water partition coefficient (Wildman–Crippen LogP) is 2.59. The fourth-order valence-corrected chi connectivity index (χ4v) is 1.64. The molecule has 0 spiro atoms. The van der Waals surface area contributed by atoms with E-state index in [2.05, 4.69) is 4.98 Å². The van der Waals surface area contributed by atoms with Crippen LogP contribution in [0, 0.1) is 6.92 Å². The monoisotopic (exact) mass is 224 g/mol. The number of amides is 1. The molecule has 4 heteroatoms. The highest BCUT2D eigenvalue weighted by molar-refractivity contribution is 5.92. The van der Waals surface area contributed by atoms with Crippen LogP contribution in [-0.4, -0.2) is 28.9 Å². The van der Waals surface area contributed by atoms with Gasteiger partial charge in [-0.1, -0.05) is 13.8 Å². The topological polar surface area (TPSA) is 46.3 Å². The van der Waals surface area contributed by atoms with Gasteiger partial charge in [-0.05, 0) is 19.8 Å². The first kappa shape index (κ1) is 12.7. The van der Waals surface area contributed by atoms with Crippen molar-refractivity contribution in [1.82, 2.24) is 9.88 Å². The first-order chi connectivity index (χ1) is 7.51. The highest BCUT2D eigenvalue weighted by atomic mass is 16.4. The fourth-order valence-electron chi connectivity index (χ4n) is 1.64. The molecule has 4 nitrogen and oxygen atoms in total. The van der Waals surface area contributed by atoms with E-state index < -0.39 is 0 Å². The highest BCUT2D eigenvalue weighted by Crippen LogP contribution is 2.21. The summed E-state index contributed by atoms with van der Waals surface area (Å²) in [7, 11) is 0. The minimum Gasteiger partial charge on any atom is -0.436 e.